The molecule has 0 saturated heterocycles. The summed E-state index contributed by atoms with van der Waals surface area (Å²) >= 11 is 0. The monoisotopic (exact) mass is 323 g/mol. The summed E-state index contributed by atoms with van der Waals surface area (Å²) in [4.78, 5) is 0.273. The fourth-order valence-corrected chi connectivity index (χ4v) is 4.32. The summed E-state index contributed by atoms with van der Waals surface area (Å²) in [6, 6.07) is 4.45. The first kappa shape index (κ1) is 16.7. The Labute approximate surface area is 131 Å². The van der Waals surface area contributed by atoms with Crippen LogP contribution in [0.1, 0.15) is 34.1 Å². The van der Waals surface area contributed by atoms with Gasteiger partial charge >= 0.3 is 0 Å². The van der Waals surface area contributed by atoms with E-state index in [-0.39, 0.29) is 11.5 Å². The van der Waals surface area contributed by atoms with Gasteiger partial charge in [-0.1, -0.05) is 6.07 Å². The molecule has 0 radical (unpaired) electrons. The molecule has 1 unspecified atom stereocenters. The number of hydrogen-bond acceptors (Lipinski definition) is 4. The summed E-state index contributed by atoms with van der Waals surface area (Å²) < 4.78 is 33.3. The lowest BCUT2D eigenvalue weighted by Crippen LogP contribution is -2.31. The molecule has 2 rings (SSSR count). The first-order valence-corrected chi connectivity index (χ1v) is 8.50. The zero-order valence-electron chi connectivity index (χ0n) is 13.2. The van der Waals surface area contributed by atoms with Crippen LogP contribution in [-0.4, -0.2) is 20.1 Å². The Kier molecular flexibility index (Phi) is 4.75. The molecular formula is C16H21NO4S. The van der Waals surface area contributed by atoms with Crippen molar-refractivity contribution in [3.05, 3.63) is 52.5 Å². The number of benzene rings is 1. The van der Waals surface area contributed by atoms with E-state index < -0.39 is 16.1 Å². The van der Waals surface area contributed by atoms with Crippen molar-refractivity contribution in [2.45, 2.75) is 38.6 Å². The summed E-state index contributed by atoms with van der Waals surface area (Å²) in [6.07, 6.45) is 1.44. The van der Waals surface area contributed by atoms with Gasteiger partial charge in [0.25, 0.3) is 0 Å². The highest BCUT2D eigenvalue weighted by Crippen LogP contribution is 2.27. The van der Waals surface area contributed by atoms with Gasteiger partial charge in [-0.25, -0.2) is 8.42 Å². The lowest BCUT2D eigenvalue weighted by atomic mass is 10.0. The zero-order valence-corrected chi connectivity index (χ0v) is 14.0. The highest BCUT2D eigenvalue weighted by atomic mass is 32.2. The molecule has 0 aliphatic rings. The Bertz CT molecular complexity index is 738. The molecule has 0 spiro atoms. The van der Waals surface area contributed by atoms with Gasteiger partial charge in [-0.05, 0) is 62.1 Å². The number of rotatable bonds is 5. The molecule has 0 saturated carbocycles. The smallest absolute Gasteiger partial charge is 0.241 e. The molecule has 1 atom stereocenters. The number of hydrogen-bond donors (Lipinski definition) is 2. The van der Waals surface area contributed by atoms with Crippen molar-refractivity contribution in [2.75, 3.05) is 6.61 Å². The normalized spacial score (nSPS) is 13.3. The van der Waals surface area contributed by atoms with E-state index in [4.69, 9.17) is 4.42 Å². The van der Waals surface area contributed by atoms with Crippen LogP contribution in [-0.2, 0) is 10.0 Å². The number of aliphatic hydroxyl groups excluding tert-OH is 1. The first-order chi connectivity index (χ1) is 10.3. The Morgan fingerprint density at radius 2 is 1.77 bits per heavy atom. The molecule has 5 nitrogen and oxygen atoms in total. The van der Waals surface area contributed by atoms with Crippen molar-refractivity contribution in [1.82, 2.24) is 4.72 Å². The second kappa shape index (κ2) is 6.24. The summed E-state index contributed by atoms with van der Waals surface area (Å²) in [5.74, 6) is 0.380. The molecule has 0 fully saturated rings. The Hall–Kier alpha value is -1.63. The predicted molar refractivity (Wildman–Crippen MR) is 84.2 cm³/mol. The molecular weight excluding hydrogens is 302 g/mol. The largest absolute Gasteiger partial charge is 0.468 e. The molecule has 6 heteroatoms. The van der Waals surface area contributed by atoms with E-state index in [1.54, 1.807) is 26.0 Å². The second-order valence-electron chi connectivity index (χ2n) is 5.46. The molecule has 0 aliphatic carbocycles. The lowest BCUT2D eigenvalue weighted by Gasteiger charge is -2.19. The van der Waals surface area contributed by atoms with Gasteiger partial charge in [0.15, 0.2) is 0 Å². The summed E-state index contributed by atoms with van der Waals surface area (Å²) in [6.45, 7) is 6.97. The quantitative estimate of drug-likeness (QED) is 0.886. The molecule has 22 heavy (non-hydrogen) atoms. The van der Waals surface area contributed by atoms with Gasteiger partial charge in [-0.15, -0.1) is 0 Å². The molecule has 1 aromatic heterocycles. The molecule has 120 valence electrons. The van der Waals surface area contributed by atoms with E-state index in [2.05, 4.69) is 4.72 Å². The molecule has 2 N–H and O–H groups in total. The van der Waals surface area contributed by atoms with Crippen LogP contribution in [0, 0.1) is 27.7 Å². The van der Waals surface area contributed by atoms with Crippen molar-refractivity contribution in [2.24, 2.45) is 0 Å². The Morgan fingerprint density at radius 1 is 1.18 bits per heavy atom. The maximum Gasteiger partial charge on any atom is 0.241 e. The van der Waals surface area contributed by atoms with Crippen LogP contribution in [0.3, 0.4) is 0 Å². The van der Waals surface area contributed by atoms with Crippen LogP contribution < -0.4 is 4.72 Å². The highest BCUT2D eigenvalue weighted by Gasteiger charge is 2.26. The number of furan rings is 1. The second-order valence-corrected chi connectivity index (χ2v) is 7.11. The first-order valence-electron chi connectivity index (χ1n) is 7.02. The van der Waals surface area contributed by atoms with Crippen molar-refractivity contribution >= 4 is 10.0 Å². The van der Waals surface area contributed by atoms with Crippen molar-refractivity contribution in [3.63, 3.8) is 0 Å². The van der Waals surface area contributed by atoms with E-state index >= 15 is 0 Å². The molecule has 0 aliphatic heterocycles. The minimum absolute atomic E-state index is 0.273. The third-order valence-corrected chi connectivity index (χ3v) is 5.68. The Balaban J connectivity index is 2.48. The van der Waals surface area contributed by atoms with E-state index in [9.17, 15) is 13.5 Å². The SMILES string of the molecule is Cc1cc(C)c(C)c(S(=O)(=O)NC(CO)c2ccco2)c1C. The fourth-order valence-electron chi connectivity index (χ4n) is 2.50. The summed E-state index contributed by atoms with van der Waals surface area (Å²) in [7, 11) is -3.77. The molecule has 2 aromatic rings. The van der Waals surface area contributed by atoms with Crippen LogP contribution in [0.2, 0.25) is 0 Å². The van der Waals surface area contributed by atoms with Gasteiger partial charge < -0.3 is 9.52 Å². The fraction of sp³-hybridized carbons (Fsp3) is 0.375. The maximum absolute atomic E-state index is 12.8. The summed E-state index contributed by atoms with van der Waals surface area (Å²) in [5.41, 5.74) is 3.27. The van der Waals surface area contributed by atoms with Crippen LogP contribution in [0.4, 0.5) is 0 Å². The summed E-state index contributed by atoms with van der Waals surface area (Å²) in [5, 5.41) is 9.47. The lowest BCUT2D eigenvalue weighted by molar-refractivity contribution is 0.242. The predicted octanol–water partition coefficient (Wildman–Crippen LogP) is 2.53. The Morgan fingerprint density at radius 3 is 2.23 bits per heavy atom. The van der Waals surface area contributed by atoms with E-state index in [0.717, 1.165) is 11.1 Å². The van der Waals surface area contributed by atoms with Crippen LogP contribution in [0.15, 0.2) is 33.8 Å². The van der Waals surface area contributed by atoms with Gasteiger partial charge in [0.2, 0.25) is 10.0 Å². The molecule has 1 aromatic carbocycles. The molecule has 0 bridgehead atoms. The molecule has 0 amide bonds. The van der Waals surface area contributed by atoms with Crippen LogP contribution >= 0.6 is 0 Å². The number of aliphatic hydroxyl groups is 1. The van der Waals surface area contributed by atoms with Crippen LogP contribution in [0.5, 0.6) is 0 Å². The maximum atomic E-state index is 12.8. The topological polar surface area (TPSA) is 79.5 Å². The van der Waals surface area contributed by atoms with Crippen molar-refractivity contribution < 1.29 is 17.9 Å². The zero-order chi connectivity index (χ0) is 16.5. The number of nitrogens with one attached hydrogen (secondary N) is 1. The standard InChI is InChI=1S/C16H21NO4S/c1-10-8-11(2)13(4)16(12(10)3)22(19,20)17-14(9-18)15-6-5-7-21-15/h5-8,14,17-18H,9H2,1-4H3. The van der Waals surface area contributed by atoms with E-state index in [1.165, 1.54) is 6.26 Å². The van der Waals surface area contributed by atoms with Gasteiger partial charge in [0, 0.05) is 0 Å². The minimum atomic E-state index is -3.77. The van der Waals surface area contributed by atoms with Gasteiger partial charge in [0.05, 0.1) is 17.8 Å². The van der Waals surface area contributed by atoms with E-state index in [1.807, 2.05) is 19.9 Å². The van der Waals surface area contributed by atoms with Gasteiger partial charge in [-0.3, -0.25) is 0 Å². The molecule has 1 heterocycles. The third-order valence-electron chi connectivity index (χ3n) is 3.93. The number of aryl methyl sites for hydroxylation is 2. The number of sulfonamides is 1. The highest BCUT2D eigenvalue weighted by molar-refractivity contribution is 7.89. The van der Waals surface area contributed by atoms with Gasteiger partial charge in [-0.2, -0.15) is 4.72 Å². The third kappa shape index (κ3) is 3.09. The average molecular weight is 323 g/mol. The van der Waals surface area contributed by atoms with Crippen molar-refractivity contribution in [3.8, 4) is 0 Å². The van der Waals surface area contributed by atoms with Crippen LogP contribution in [0.25, 0.3) is 0 Å². The average Bonchev–Trinajstić information content (AvgIpc) is 2.96. The van der Waals surface area contributed by atoms with E-state index in [0.29, 0.717) is 16.9 Å². The van der Waals surface area contributed by atoms with Gasteiger partial charge in [0.1, 0.15) is 11.8 Å². The minimum Gasteiger partial charge on any atom is -0.468 e. The van der Waals surface area contributed by atoms with Crippen molar-refractivity contribution in [1.29, 1.82) is 0 Å².